The summed E-state index contributed by atoms with van der Waals surface area (Å²) in [5.74, 6) is -0.256. The SMILES string of the molecule is CCCNC(=O)C(c1ccccc1)C1CCN(c2ccc(NC(=O)c3ccccc3-c3cccc(C(F)(F)F)c3)cc2)CC1. The third-order valence-electron chi connectivity index (χ3n) is 8.16. The van der Waals surface area contributed by atoms with Gasteiger partial charge in [-0.25, -0.2) is 0 Å². The molecule has 4 aromatic rings. The predicted molar refractivity (Wildman–Crippen MR) is 169 cm³/mol. The zero-order valence-corrected chi connectivity index (χ0v) is 24.6. The van der Waals surface area contributed by atoms with Gasteiger partial charge in [-0.15, -0.1) is 0 Å². The summed E-state index contributed by atoms with van der Waals surface area (Å²) < 4.78 is 39.9. The molecule has 0 saturated carbocycles. The molecule has 0 bridgehead atoms. The van der Waals surface area contributed by atoms with Crippen LogP contribution in [-0.2, 0) is 11.0 Å². The van der Waals surface area contributed by atoms with Crippen molar-refractivity contribution in [3.8, 4) is 11.1 Å². The van der Waals surface area contributed by atoms with Crippen LogP contribution in [0.1, 0.15) is 53.6 Å². The average Bonchev–Trinajstić information content (AvgIpc) is 3.05. The molecule has 5 nitrogen and oxygen atoms in total. The van der Waals surface area contributed by atoms with Crippen LogP contribution in [0.4, 0.5) is 24.5 Å². The van der Waals surface area contributed by atoms with Crippen LogP contribution in [0.5, 0.6) is 0 Å². The van der Waals surface area contributed by atoms with Crippen LogP contribution >= 0.6 is 0 Å². The smallest absolute Gasteiger partial charge is 0.372 e. The van der Waals surface area contributed by atoms with Gasteiger partial charge in [0.15, 0.2) is 0 Å². The van der Waals surface area contributed by atoms with Gasteiger partial charge in [-0.2, -0.15) is 13.2 Å². The molecule has 1 heterocycles. The Morgan fingerprint density at radius 3 is 2.23 bits per heavy atom. The first-order valence-corrected chi connectivity index (χ1v) is 15.0. The first-order valence-electron chi connectivity index (χ1n) is 15.0. The lowest BCUT2D eigenvalue weighted by Gasteiger charge is -2.37. The number of hydrogen-bond acceptors (Lipinski definition) is 3. The van der Waals surface area contributed by atoms with E-state index in [-0.39, 0.29) is 23.3 Å². The molecule has 8 heteroatoms. The van der Waals surface area contributed by atoms with Crippen LogP contribution in [0.25, 0.3) is 11.1 Å². The summed E-state index contributed by atoms with van der Waals surface area (Å²) >= 11 is 0. The highest BCUT2D eigenvalue weighted by molar-refractivity contribution is 6.08. The third kappa shape index (κ3) is 7.30. The molecule has 1 saturated heterocycles. The fourth-order valence-electron chi connectivity index (χ4n) is 5.90. The van der Waals surface area contributed by atoms with Crippen LogP contribution < -0.4 is 15.5 Å². The Hall–Kier alpha value is -4.59. The summed E-state index contributed by atoms with van der Waals surface area (Å²) in [4.78, 5) is 28.7. The molecular formula is C36H36F3N3O2. The summed E-state index contributed by atoms with van der Waals surface area (Å²) in [5.41, 5.74) is 2.93. The summed E-state index contributed by atoms with van der Waals surface area (Å²) in [7, 11) is 0. The zero-order chi connectivity index (χ0) is 31.1. The number of hydrogen-bond donors (Lipinski definition) is 2. The summed E-state index contributed by atoms with van der Waals surface area (Å²) in [6.07, 6.45) is -1.82. The highest BCUT2D eigenvalue weighted by Crippen LogP contribution is 2.36. The van der Waals surface area contributed by atoms with Crippen molar-refractivity contribution in [3.63, 3.8) is 0 Å². The maximum absolute atomic E-state index is 13.3. The molecule has 1 unspecified atom stereocenters. The summed E-state index contributed by atoms with van der Waals surface area (Å²) in [6.45, 7) is 4.34. The van der Waals surface area contributed by atoms with Crippen LogP contribution in [-0.4, -0.2) is 31.4 Å². The molecule has 2 amide bonds. The van der Waals surface area contributed by atoms with Gasteiger partial charge in [-0.1, -0.05) is 67.6 Å². The van der Waals surface area contributed by atoms with Gasteiger partial charge in [0, 0.05) is 36.6 Å². The van der Waals surface area contributed by atoms with Crippen molar-refractivity contribution < 1.29 is 22.8 Å². The van der Waals surface area contributed by atoms with Crippen LogP contribution in [0.3, 0.4) is 0 Å². The highest BCUT2D eigenvalue weighted by atomic mass is 19.4. The van der Waals surface area contributed by atoms with Gasteiger partial charge in [-0.3, -0.25) is 9.59 Å². The lowest BCUT2D eigenvalue weighted by atomic mass is 9.79. The quantitative estimate of drug-likeness (QED) is 0.204. The van der Waals surface area contributed by atoms with Crippen molar-refractivity contribution in [3.05, 3.63) is 120 Å². The van der Waals surface area contributed by atoms with Crippen molar-refractivity contribution in [2.24, 2.45) is 5.92 Å². The minimum absolute atomic E-state index is 0.0891. The van der Waals surface area contributed by atoms with E-state index in [4.69, 9.17) is 0 Å². The molecule has 1 aliphatic heterocycles. The molecule has 228 valence electrons. The van der Waals surface area contributed by atoms with Crippen LogP contribution in [0.2, 0.25) is 0 Å². The number of amides is 2. The van der Waals surface area contributed by atoms with E-state index in [1.807, 2.05) is 61.5 Å². The number of benzene rings is 4. The monoisotopic (exact) mass is 599 g/mol. The maximum Gasteiger partial charge on any atom is 0.416 e. The van der Waals surface area contributed by atoms with Crippen molar-refractivity contribution >= 4 is 23.2 Å². The van der Waals surface area contributed by atoms with Crippen molar-refractivity contribution in [1.82, 2.24) is 5.32 Å². The highest BCUT2D eigenvalue weighted by Gasteiger charge is 2.33. The van der Waals surface area contributed by atoms with E-state index in [0.29, 0.717) is 23.4 Å². The Kier molecular flexibility index (Phi) is 9.68. The topological polar surface area (TPSA) is 61.4 Å². The van der Waals surface area contributed by atoms with E-state index in [1.165, 1.54) is 6.07 Å². The minimum atomic E-state index is -4.48. The molecule has 4 aromatic carbocycles. The maximum atomic E-state index is 13.3. The van der Waals surface area contributed by atoms with E-state index in [1.54, 1.807) is 30.3 Å². The van der Waals surface area contributed by atoms with Gasteiger partial charge in [0.25, 0.3) is 5.91 Å². The Labute approximate surface area is 256 Å². The Morgan fingerprint density at radius 2 is 1.55 bits per heavy atom. The second-order valence-corrected chi connectivity index (χ2v) is 11.1. The zero-order valence-electron chi connectivity index (χ0n) is 24.6. The molecule has 44 heavy (non-hydrogen) atoms. The van der Waals surface area contributed by atoms with E-state index >= 15 is 0 Å². The van der Waals surface area contributed by atoms with Crippen LogP contribution in [0, 0.1) is 5.92 Å². The van der Waals surface area contributed by atoms with E-state index in [9.17, 15) is 22.8 Å². The third-order valence-corrected chi connectivity index (χ3v) is 8.16. The normalized spacial score (nSPS) is 14.6. The molecule has 1 aliphatic rings. The van der Waals surface area contributed by atoms with E-state index in [2.05, 4.69) is 15.5 Å². The lowest BCUT2D eigenvalue weighted by molar-refractivity contribution is -0.137. The fraction of sp³-hybridized carbons (Fsp3) is 0.278. The molecule has 0 spiro atoms. The van der Waals surface area contributed by atoms with Gasteiger partial charge < -0.3 is 15.5 Å². The Bertz CT molecular complexity index is 1560. The second-order valence-electron chi connectivity index (χ2n) is 11.1. The number of nitrogens with zero attached hydrogens (tertiary/aromatic N) is 1. The Balaban J connectivity index is 1.24. The molecule has 0 radical (unpaired) electrons. The average molecular weight is 600 g/mol. The Morgan fingerprint density at radius 1 is 0.864 bits per heavy atom. The second kappa shape index (κ2) is 13.8. The van der Waals surface area contributed by atoms with E-state index in [0.717, 1.165) is 55.7 Å². The molecule has 0 aliphatic carbocycles. The lowest BCUT2D eigenvalue weighted by Crippen LogP contribution is -2.40. The predicted octanol–water partition coefficient (Wildman–Crippen LogP) is 8.15. The van der Waals surface area contributed by atoms with E-state index < -0.39 is 17.6 Å². The van der Waals surface area contributed by atoms with Gasteiger partial charge >= 0.3 is 6.18 Å². The van der Waals surface area contributed by atoms with Gasteiger partial charge in [-0.05, 0) is 84.3 Å². The number of carbonyl (C=O) groups excluding carboxylic acids is 2. The number of nitrogens with one attached hydrogen (secondary N) is 2. The minimum Gasteiger partial charge on any atom is -0.372 e. The molecular weight excluding hydrogens is 563 g/mol. The van der Waals surface area contributed by atoms with Gasteiger partial charge in [0.2, 0.25) is 5.91 Å². The summed E-state index contributed by atoms with van der Waals surface area (Å²) in [5, 5.41) is 5.98. The number of halogens is 3. The number of anilines is 2. The number of rotatable bonds is 9. The number of carbonyl (C=O) groups is 2. The largest absolute Gasteiger partial charge is 0.416 e. The summed E-state index contributed by atoms with van der Waals surface area (Å²) in [6, 6.07) is 29.2. The standard InChI is InChI=1S/C36H36F3N3O2/c1-2-21-40-35(44)33(25-9-4-3-5-10-25)26-19-22-42(23-20-26)30-17-15-29(16-18-30)41-34(43)32-14-7-6-13-31(32)27-11-8-12-28(24-27)36(37,38)39/h3-18,24,26,33H,2,19-23H2,1H3,(H,40,44)(H,41,43). The van der Waals surface area contributed by atoms with Gasteiger partial charge in [0.05, 0.1) is 11.5 Å². The first-order chi connectivity index (χ1) is 21.2. The molecule has 1 atom stereocenters. The molecule has 0 aromatic heterocycles. The molecule has 1 fully saturated rings. The number of piperidine rings is 1. The number of alkyl halides is 3. The van der Waals surface area contributed by atoms with Crippen LogP contribution in [0.15, 0.2) is 103 Å². The van der Waals surface area contributed by atoms with Crippen molar-refractivity contribution in [2.75, 3.05) is 29.9 Å². The van der Waals surface area contributed by atoms with Crippen molar-refractivity contribution in [1.29, 1.82) is 0 Å². The fourth-order valence-corrected chi connectivity index (χ4v) is 5.90. The molecule has 5 rings (SSSR count). The first kappa shape index (κ1) is 30.9. The van der Waals surface area contributed by atoms with Crippen molar-refractivity contribution in [2.45, 2.75) is 38.3 Å². The van der Waals surface area contributed by atoms with Gasteiger partial charge in [0.1, 0.15) is 0 Å². The molecule has 2 N–H and O–H groups in total.